The molecule has 1 aliphatic rings. The van der Waals surface area contributed by atoms with Crippen LogP contribution in [-0.2, 0) is 11.3 Å². The van der Waals surface area contributed by atoms with Crippen molar-refractivity contribution < 1.29 is 14.7 Å². The summed E-state index contributed by atoms with van der Waals surface area (Å²) in [4.78, 5) is 24.5. The first-order valence-corrected chi connectivity index (χ1v) is 6.83. The van der Waals surface area contributed by atoms with Crippen molar-refractivity contribution in [1.82, 2.24) is 4.90 Å². The number of piperidine rings is 1. The number of carbonyl (C=O) groups excluding carboxylic acids is 1. The predicted octanol–water partition coefficient (Wildman–Crippen LogP) is 1.47. The Morgan fingerprint density at radius 2 is 2.15 bits per heavy atom. The summed E-state index contributed by atoms with van der Waals surface area (Å²) >= 11 is 0. The van der Waals surface area contributed by atoms with Crippen LogP contribution in [-0.4, -0.2) is 34.5 Å². The number of amides is 1. The van der Waals surface area contributed by atoms with Crippen LogP contribution in [0.15, 0.2) is 24.3 Å². The number of hydrogen-bond donors (Lipinski definition) is 2. The lowest BCUT2D eigenvalue weighted by atomic mass is 9.92. The number of nitrogens with zero attached hydrogens (tertiary/aromatic N) is 1. The minimum atomic E-state index is -0.923. The van der Waals surface area contributed by atoms with Crippen LogP contribution in [0.25, 0.3) is 0 Å². The van der Waals surface area contributed by atoms with E-state index in [4.69, 9.17) is 10.8 Å². The fourth-order valence-corrected chi connectivity index (χ4v) is 2.67. The molecule has 1 amide bonds. The second-order valence-electron chi connectivity index (χ2n) is 5.46. The highest BCUT2D eigenvalue weighted by atomic mass is 16.4. The van der Waals surface area contributed by atoms with Crippen LogP contribution in [0.3, 0.4) is 0 Å². The van der Waals surface area contributed by atoms with Crippen molar-refractivity contribution >= 4 is 11.9 Å². The molecule has 2 atom stereocenters. The average Bonchev–Trinajstić information content (AvgIpc) is 2.41. The Hall–Kier alpha value is -1.88. The van der Waals surface area contributed by atoms with Gasteiger partial charge >= 0.3 is 5.97 Å². The van der Waals surface area contributed by atoms with Crippen LogP contribution in [0.2, 0.25) is 0 Å². The Morgan fingerprint density at radius 3 is 2.80 bits per heavy atom. The molecule has 5 heteroatoms. The minimum absolute atomic E-state index is 0.103. The zero-order chi connectivity index (χ0) is 14.7. The second-order valence-corrected chi connectivity index (χ2v) is 5.46. The van der Waals surface area contributed by atoms with Crippen molar-refractivity contribution in [2.75, 3.05) is 6.54 Å². The molecule has 3 N–H and O–H groups in total. The molecule has 0 aromatic heterocycles. The van der Waals surface area contributed by atoms with Crippen molar-refractivity contribution in [2.45, 2.75) is 32.4 Å². The maximum absolute atomic E-state index is 11.3. The van der Waals surface area contributed by atoms with Gasteiger partial charge in [0.1, 0.15) is 0 Å². The van der Waals surface area contributed by atoms with Crippen molar-refractivity contribution in [1.29, 1.82) is 0 Å². The molecule has 5 nitrogen and oxygen atoms in total. The molecule has 1 aromatic carbocycles. The molecule has 1 fully saturated rings. The van der Waals surface area contributed by atoms with Crippen LogP contribution in [0.1, 0.15) is 35.7 Å². The summed E-state index contributed by atoms with van der Waals surface area (Å²) in [7, 11) is 0. The minimum Gasteiger partial charge on any atom is -0.478 e. The standard InChI is InChI=1S/C15H20N2O3/c1-10-5-6-13(14(16)18)9-17(10)8-11-3-2-4-12(7-11)15(19)20/h2-4,7,10,13H,5-6,8-9H2,1H3,(H2,16,18)(H,19,20). The first-order chi connectivity index (χ1) is 9.47. The lowest BCUT2D eigenvalue weighted by Gasteiger charge is -2.36. The largest absolute Gasteiger partial charge is 0.478 e. The van der Waals surface area contributed by atoms with Crippen LogP contribution >= 0.6 is 0 Å². The number of carbonyl (C=O) groups is 2. The second kappa shape index (κ2) is 6.05. The molecule has 0 saturated carbocycles. The van der Waals surface area contributed by atoms with Crippen LogP contribution in [0.4, 0.5) is 0 Å². The molecule has 0 spiro atoms. The first kappa shape index (κ1) is 14.5. The Bertz CT molecular complexity index is 516. The molecule has 1 aliphatic heterocycles. The van der Waals surface area contributed by atoms with Crippen molar-refractivity contribution in [3.8, 4) is 0 Å². The van der Waals surface area contributed by atoms with Gasteiger partial charge in [-0.05, 0) is 37.5 Å². The molecular formula is C15H20N2O3. The highest BCUT2D eigenvalue weighted by Crippen LogP contribution is 2.23. The van der Waals surface area contributed by atoms with Gasteiger partial charge in [0.25, 0.3) is 0 Å². The SMILES string of the molecule is CC1CCC(C(N)=O)CN1Cc1cccc(C(=O)O)c1. The lowest BCUT2D eigenvalue weighted by Crippen LogP contribution is -2.45. The summed E-state index contributed by atoms with van der Waals surface area (Å²) in [6.07, 6.45) is 1.77. The number of likely N-dealkylation sites (tertiary alicyclic amines) is 1. The van der Waals surface area contributed by atoms with E-state index in [-0.39, 0.29) is 11.8 Å². The summed E-state index contributed by atoms with van der Waals surface area (Å²) in [6, 6.07) is 7.30. The van der Waals surface area contributed by atoms with E-state index in [1.54, 1.807) is 18.2 Å². The monoisotopic (exact) mass is 276 g/mol. The average molecular weight is 276 g/mol. The third-order valence-electron chi connectivity index (χ3n) is 3.97. The molecular weight excluding hydrogens is 256 g/mol. The summed E-state index contributed by atoms with van der Waals surface area (Å²) in [5, 5.41) is 9.01. The van der Waals surface area contributed by atoms with E-state index >= 15 is 0 Å². The van der Waals surface area contributed by atoms with Crippen LogP contribution < -0.4 is 5.73 Å². The number of primary amides is 1. The van der Waals surface area contributed by atoms with Gasteiger partial charge in [0, 0.05) is 19.1 Å². The molecule has 2 rings (SSSR count). The molecule has 1 saturated heterocycles. The molecule has 0 radical (unpaired) electrons. The fraction of sp³-hybridized carbons (Fsp3) is 0.467. The van der Waals surface area contributed by atoms with E-state index in [9.17, 15) is 9.59 Å². The zero-order valence-corrected chi connectivity index (χ0v) is 11.6. The maximum Gasteiger partial charge on any atom is 0.335 e. The van der Waals surface area contributed by atoms with Gasteiger partial charge in [-0.15, -0.1) is 0 Å². The van der Waals surface area contributed by atoms with Crippen LogP contribution in [0.5, 0.6) is 0 Å². The van der Waals surface area contributed by atoms with Gasteiger partial charge < -0.3 is 10.8 Å². The van der Waals surface area contributed by atoms with Gasteiger partial charge in [-0.25, -0.2) is 4.79 Å². The van der Waals surface area contributed by atoms with Gasteiger partial charge in [0.15, 0.2) is 0 Å². The number of aromatic carboxylic acids is 1. The topological polar surface area (TPSA) is 83.6 Å². The summed E-state index contributed by atoms with van der Waals surface area (Å²) in [5.41, 5.74) is 6.63. The quantitative estimate of drug-likeness (QED) is 0.872. The first-order valence-electron chi connectivity index (χ1n) is 6.83. The van der Waals surface area contributed by atoms with Gasteiger partial charge in [-0.3, -0.25) is 9.69 Å². The van der Waals surface area contributed by atoms with E-state index in [0.29, 0.717) is 24.7 Å². The molecule has 1 aromatic rings. The molecule has 0 bridgehead atoms. The highest BCUT2D eigenvalue weighted by molar-refractivity contribution is 5.87. The summed E-state index contributed by atoms with van der Waals surface area (Å²) in [6.45, 7) is 3.41. The molecule has 2 unspecified atom stereocenters. The molecule has 108 valence electrons. The molecule has 1 heterocycles. The highest BCUT2D eigenvalue weighted by Gasteiger charge is 2.28. The normalized spacial score (nSPS) is 23.4. The fourth-order valence-electron chi connectivity index (χ4n) is 2.67. The number of rotatable bonds is 4. The number of benzene rings is 1. The van der Waals surface area contributed by atoms with E-state index in [2.05, 4.69) is 11.8 Å². The Morgan fingerprint density at radius 1 is 1.40 bits per heavy atom. The van der Waals surface area contributed by atoms with Crippen molar-refractivity contribution in [3.63, 3.8) is 0 Å². The smallest absolute Gasteiger partial charge is 0.335 e. The van der Waals surface area contributed by atoms with Gasteiger partial charge in [-0.1, -0.05) is 12.1 Å². The Balaban J connectivity index is 2.09. The predicted molar refractivity (Wildman–Crippen MR) is 75.2 cm³/mol. The maximum atomic E-state index is 11.3. The Labute approximate surface area is 118 Å². The van der Waals surface area contributed by atoms with E-state index in [1.165, 1.54) is 0 Å². The van der Waals surface area contributed by atoms with E-state index in [0.717, 1.165) is 18.4 Å². The van der Waals surface area contributed by atoms with Crippen LogP contribution in [0, 0.1) is 5.92 Å². The third-order valence-corrected chi connectivity index (χ3v) is 3.97. The van der Waals surface area contributed by atoms with E-state index in [1.807, 2.05) is 6.07 Å². The van der Waals surface area contributed by atoms with Crippen molar-refractivity contribution in [2.24, 2.45) is 11.7 Å². The molecule has 0 aliphatic carbocycles. The number of hydrogen-bond acceptors (Lipinski definition) is 3. The number of carboxylic acid groups (broad SMARTS) is 1. The Kier molecular flexibility index (Phi) is 4.39. The molecule has 20 heavy (non-hydrogen) atoms. The summed E-state index contributed by atoms with van der Waals surface area (Å²) in [5.74, 6) is -1.27. The van der Waals surface area contributed by atoms with E-state index < -0.39 is 5.97 Å². The van der Waals surface area contributed by atoms with Gasteiger partial charge in [0.05, 0.1) is 11.5 Å². The summed E-state index contributed by atoms with van der Waals surface area (Å²) < 4.78 is 0. The number of carboxylic acids is 1. The third kappa shape index (κ3) is 3.36. The van der Waals surface area contributed by atoms with Crippen molar-refractivity contribution in [3.05, 3.63) is 35.4 Å². The van der Waals surface area contributed by atoms with Gasteiger partial charge in [0.2, 0.25) is 5.91 Å². The lowest BCUT2D eigenvalue weighted by molar-refractivity contribution is -0.124. The van der Waals surface area contributed by atoms with Gasteiger partial charge in [-0.2, -0.15) is 0 Å². The number of nitrogens with two attached hydrogens (primary N) is 1. The zero-order valence-electron chi connectivity index (χ0n) is 11.6.